The van der Waals surface area contributed by atoms with Gasteiger partial charge in [-0.1, -0.05) is 66.3 Å². The van der Waals surface area contributed by atoms with Gasteiger partial charge in [-0.2, -0.15) is 0 Å². The molecule has 3 nitrogen and oxygen atoms in total. The van der Waals surface area contributed by atoms with Crippen LogP contribution in [0, 0.1) is 6.92 Å². The number of benzene rings is 2. The number of halogens is 3. The number of aromatic nitrogens is 2. The summed E-state index contributed by atoms with van der Waals surface area (Å²) >= 11 is 20.6. The largest absolute Gasteiger partial charge is 0.296 e. The molecule has 1 unspecified atom stereocenters. The Balaban J connectivity index is 1.81. The molecule has 0 N–H and O–H groups in total. The molecular formula is C23H22Cl3N3S. The molecule has 4 rings (SSSR count). The molecule has 1 aliphatic rings. The first-order chi connectivity index (χ1) is 14.5. The lowest BCUT2D eigenvalue weighted by atomic mass is 10.2. The summed E-state index contributed by atoms with van der Waals surface area (Å²) in [7, 11) is 0. The summed E-state index contributed by atoms with van der Waals surface area (Å²) in [6.45, 7) is 5.15. The molecular weight excluding hydrogens is 457 g/mol. The second-order valence-electron chi connectivity index (χ2n) is 7.33. The molecule has 0 radical (unpaired) electrons. The molecule has 1 atom stereocenters. The normalized spacial score (nSPS) is 16.2. The zero-order valence-corrected chi connectivity index (χ0v) is 19.9. The Hall–Kier alpha value is -1.46. The molecule has 0 saturated carbocycles. The van der Waals surface area contributed by atoms with Crippen LogP contribution in [0.1, 0.15) is 37.6 Å². The number of aliphatic imine (C=N–C) groups is 1. The molecule has 0 fully saturated rings. The predicted octanol–water partition coefficient (Wildman–Crippen LogP) is 7.86. The number of nitrogens with zero attached hydrogens (tertiary/aromatic N) is 3. The maximum absolute atomic E-state index is 6.56. The average Bonchev–Trinajstić information content (AvgIpc) is 3.32. The highest BCUT2D eigenvalue weighted by Crippen LogP contribution is 2.36. The van der Waals surface area contributed by atoms with E-state index in [1.165, 1.54) is 19.3 Å². The van der Waals surface area contributed by atoms with E-state index in [0.717, 1.165) is 40.1 Å². The van der Waals surface area contributed by atoms with Crippen LogP contribution in [0.2, 0.25) is 15.1 Å². The van der Waals surface area contributed by atoms with Crippen molar-refractivity contribution >= 4 is 51.6 Å². The zero-order valence-electron chi connectivity index (χ0n) is 16.8. The highest BCUT2D eigenvalue weighted by atomic mass is 35.5. The molecule has 2 aromatic carbocycles. The fraction of sp³-hybridized carbons (Fsp3) is 0.304. The molecule has 1 aliphatic heterocycles. The van der Waals surface area contributed by atoms with Crippen LogP contribution in [-0.2, 0) is 0 Å². The molecule has 156 valence electrons. The summed E-state index contributed by atoms with van der Waals surface area (Å²) in [4.78, 5) is 9.84. The molecule has 0 aliphatic carbocycles. The van der Waals surface area contributed by atoms with Gasteiger partial charge in [0.25, 0.3) is 0 Å². The maximum atomic E-state index is 6.56. The maximum Gasteiger partial charge on any atom is 0.147 e. The first-order valence-corrected chi connectivity index (χ1v) is 12.0. The Kier molecular flexibility index (Phi) is 6.78. The third-order valence-corrected chi connectivity index (χ3v) is 7.23. The number of unbranched alkanes of at least 4 members (excludes halogenated alkanes) is 1. The molecule has 0 amide bonds. The van der Waals surface area contributed by atoms with E-state index in [1.807, 2.05) is 48.2 Å². The van der Waals surface area contributed by atoms with Crippen LogP contribution in [0.4, 0.5) is 0 Å². The Labute approximate surface area is 196 Å². The highest BCUT2D eigenvalue weighted by molar-refractivity contribution is 8.15. The van der Waals surface area contributed by atoms with E-state index >= 15 is 0 Å². The second kappa shape index (κ2) is 9.35. The summed E-state index contributed by atoms with van der Waals surface area (Å²) in [6.07, 6.45) is 3.61. The van der Waals surface area contributed by atoms with Crippen molar-refractivity contribution in [2.45, 2.75) is 38.4 Å². The van der Waals surface area contributed by atoms with Crippen LogP contribution >= 0.6 is 46.6 Å². The minimum Gasteiger partial charge on any atom is -0.296 e. The lowest BCUT2D eigenvalue weighted by Crippen LogP contribution is -2.04. The van der Waals surface area contributed by atoms with Gasteiger partial charge in [-0.15, -0.1) is 0 Å². The van der Waals surface area contributed by atoms with Gasteiger partial charge in [0.2, 0.25) is 0 Å². The second-order valence-corrected chi connectivity index (χ2v) is 9.90. The van der Waals surface area contributed by atoms with Crippen LogP contribution < -0.4 is 0 Å². The standard InChI is InChI=1S/C23H22Cl3N3S/c1-3-4-5-18-13-27-23(30-18)21-14(2)29(17-9-6-15(24)7-10-17)22(28-21)19-11-8-16(25)12-20(19)26/h6-12,18H,3-5,13H2,1-2H3. The number of imidazole rings is 1. The van der Waals surface area contributed by atoms with E-state index in [0.29, 0.717) is 20.3 Å². The van der Waals surface area contributed by atoms with Crippen LogP contribution in [0.25, 0.3) is 17.1 Å². The molecule has 3 aromatic rings. The van der Waals surface area contributed by atoms with Gasteiger partial charge < -0.3 is 0 Å². The van der Waals surface area contributed by atoms with Crippen molar-refractivity contribution in [2.24, 2.45) is 4.99 Å². The van der Waals surface area contributed by atoms with Gasteiger partial charge in [0.15, 0.2) is 0 Å². The number of hydrogen-bond donors (Lipinski definition) is 0. The Bertz CT molecular complexity index is 1090. The Morgan fingerprint density at radius 3 is 2.50 bits per heavy atom. The molecule has 30 heavy (non-hydrogen) atoms. The van der Waals surface area contributed by atoms with E-state index in [1.54, 1.807) is 6.07 Å². The fourth-order valence-electron chi connectivity index (χ4n) is 3.59. The van der Waals surface area contributed by atoms with E-state index < -0.39 is 0 Å². The number of hydrogen-bond acceptors (Lipinski definition) is 3. The Morgan fingerprint density at radius 1 is 1.07 bits per heavy atom. The summed E-state index contributed by atoms with van der Waals surface area (Å²) in [5.41, 5.74) is 3.75. The zero-order chi connectivity index (χ0) is 21.3. The third-order valence-electron chi connectivity index (χ3n) is 5.16. The molecule has 7 heteroatoms. The highest BCUT2D eigenvalue weighted by Gasteiger charge is 2.27. The summed E-state index contributed by atoms with van der Waals surface area (Å²) in [5, 5.41) is 3.39. The van der Waals surface area contributed by atoms with Gasteiger partial charge in [-0.3, -0.25) is 9.56 Å². The smallest absolute Gasteiger partial charge is 0.147 e. The van der Waals surface area contributed by atoms with E-state index in [9.17, 15) is 0 Å². The first kappa shape index (κ1) is 21.8. The van der Waals surface area contributed by atoms with Crippen LogP contribution in [0.5, 0.6) is 0 Å². The molecule has 0 bridgehead atoms. The molecule has 1 aromatic heterocycles. The third kappa shape index (κ3) is 4.43. The number of rotatable bonds is 6. The van der Waals surface area contributed by atoms with Crippen molar-refractivity contribution in [3.05, 3.63) is 68.9 Å². The lowest BCUT2D eigenvalue weighted by Gasteiger charge is -2.12. The Morgan fingerprint density at radius 2 is 1.80 bits per heavy atom. The fourth-order valence-corrected chi connectivity index (χ4v) is 5.41. The van der Waals surface area contributed by atoms with Crippen molar-refractivity contribution < 1.29 is 0 Å². The average molecular weight is 479 g/mol. The van der Waals surface area contributed by atoms with Crippen molar-refractivity contribution in [3.8, 4) is 17.1 Å². The van der Waals surface area contributed by atoms with Gasteiger partial charge in [0, 0.05) is 26.5 Å². The van der Waals surface area contributed by atoms with Gasteiger partial charge in [-0.05, 0) is 55.8 Å². The van der Waals surface area contributed by atoms with Gasteiger partial charge in [0.1, 0.15) is 16.6 Å². The van der Waals surface area contributed by atoms with Crippen LogP contribution in [0.3, 0.4) is 0 Å². The van der Waals surface area contributed by atoms with Crippen LogP contribution in [-0.4, -0.2) is 26.4 Å². The summed E-state index contributed by atoms with van der Waals surface area (Å²) in [5.74, 6) is 0.770. The summed E-state index contributed by atoms with van der Waals surface area (Å²) < 4.78 is 2.11. The monoisotopic (exact) mass is 477 g/mol. The lowest BCUT2D eigenvalue weighted by molar-refractivity contribution is 0.694. The molecule has 0 spiro atoms. The van der Waals surface area contributed by atoms with Crippen molar-refractivity contribution in [1.29, 1.82) is 0 Å². The van der Waals surface area contributed by atoms with Crippen molar-refractivity contribution in [3.63, 3.8) is 0 Å². The van der Waals surface area contributed by atoms with E-state index in [2.05, 4.69) is 18.4 Å². The topological polar surface area (TPSA) is 30.2 Å². The minimum atomic E-state index is 0.530. The predicted molar refractivity (Wildman–Crippen MR) is 131 cm³/mol. The van der Waals surface area contributed by atoms with E-state index in [-0.39, 0.29) is 0 Å². The first-order valence-electron chi connectivity index (χ1n) is 10.00. The van der Waals surface area contributed by atoms with Gasteiger partial charge in [-0.25, -0.2) is 4.98 Å². The van der Waals surface area contributed by atoms with Crippen LogP contribution in [0.15, 0.2) is 47.5 Å². The number of thioether (sulfide) groups is 1. The van der Waals surface area contributed by atoms with E-state index in [4.69, 9.17) is 44.8 Å². The van der Waals surface area contributed by atoms with Gasteiger partial charge in [0.05, 0.1) is 17.3 Å². The SMILES string of the molecule is CCCCC1CN=C(c2nc(-c3ccc(Cl)cc3Cl)n(-c3ccc(Cl)cc3)c2C)S1. The van der Waals surface area contributed by atoms with Crippen molar-refractivity contribution in [1.82, 2.24) is 9.55 Å². The molecule has 0 saturated heterocycles. The quantitative estimate of drug-likeness (QED) is 0.361. The molecule has 2 heterocycles. The minimum absolute atomic E-state index is 0.530. The van der Waals surface area contributed by atoms with Gasteiger partial charge >= 0.3 is 0 Å². The summed E-state index contributed by atoms with van der Waals surface area (Å²) in [6, 6.07) is 13.2. The van der Waals surface area contributed by atoms with Crippen molar-refractivity contribution in [2.75, 3.05) is 6.54 Å².